The van der Waals surface area contributed by atoms with Gasteiger partial charge in [-0.15, -0.1) is 0 Å². The minimum absolute atomic E-state index is 0.233. The predicted octanol–water partition coefficient (Wildman–Crippen LogP) is 1.77. The third-order valence-corrected chi connectivity index (χ3v) is 3.19. The number of carboxylic acid groups (broad SMARTS) is 1. The first-order chi connectivity index (χ1) is 6.13. The number of hydrogen-bond donors (Lipinski definition) is 1. The molecule has 76 valence electrons. The summed E-state index contributed by atoms with van der Waals surface area (Å²) in [5.74, 6) is -0.122. The average molecular weight is 186 g/mol. The summed E-state index contributed by atoms with van der Waals surface area (Å²) in [6, 6.07) is 0. The van der Waals surface area contributed by atoms with Crippen molar-refractivity contribution in [1.82, 2.24) is 0 Å². The molecule has 1 rings (SSSR count). The maximum Gasteiger partial charge on any atom is 0.306 e. The van der Waals surface area contributed by atoms with Gasteiger partial charge >= 0.3 is 5.97 Å². The van der Waals surface area contributed by atoms with E-state index in [1.165, 1.54) is 0 Å². The van der Waals surface area contributed by atoms with Gasteiger partial charge in [0.2, 0.25) is 0 Å². The second kappa shape index (κ2) is 4.61. The Bertz CT molecular complexity index is 173. The van der Waals surface area contributed by atoms with Gasteiger partial charge in [-0.25, -0.2) is 0 Å². The summed E-state index contributed by atoms with van der Waals surface area (Å²) < 4.78 is 5.24. The highest BCUT2D eigenvalue weighted by Gasteiger charge is 2.28. The molecule has 0 saturated carbocycles. The van der Waals surface area contributed by atoms with E-state index in [0.717, 1.165) is 26.1 Å². The molecule has 3 heteroatoms. The smallest absolute Gasteiger partial charge is 0.306 e. The Kier molecular flexibility index (Phi) is 3.72. The number of ether oxygens (including phenoxy) is 1. The lowest BCUT2D eigenvalue weighted by molar-refractivity contribution is -0.144. The number of aliphatic carboxylic acids is 1. The minimum Gasteiger partial charge on any atom is -0.481 e. The monoisotopic (exact) mass is 186 g/mol. The summed E-state index contributed by atoms with van der Waals surface area (Å²) in [7, 11) is 0. The van der Waals surface area contributed by atoms with Crippen LogP contribution in [0.25, 0.3) is 0 Å². The topological polar surface area (TPSA) is 46.5 Å². The van der Waals surface area contributed by atoms with Gasteiger partial charge in [-0.2, -0.15) is 0 Å². The molecule has 3 nitrogen and oxygen atoms in total. The van der Waals surface area contributed by atoms with Crippen LogP contribution in [0.2, 0.25) is 0 Å². The van der Waals surface area contributed by atoms with Crippen LogP contribution in [0.5, 0.6) is 0 Å². The molecule has 1 fully saturated rings. The Hall–Kier alpha value is -0.570. The van der Waals surface area contributed by atoms with Crippen LogP contribution in [0.15, 0.2) is 0 Å². The first kappa shape index (κ1) is 10.5. The summed E-state index contributed by atoms with van der Waals surface area (Å²) in [6.07, 6.45) is 2.03. The highest BCUT2D eigenvalue weighted by molar-refractivity contribution is 5.69. The van der Waals surface area contributed by atoms with Gasteiger partial charge in [-0.3, -0.25) is 4.79 Å². The van der Waals surface area contributed by atoms with Crippen LogP contribution in [-0.2, 0) is 9.53 Å². The van der Waals surface area contributed by atoms with E-state index in [1.807, 2.05) is 6.92 Å². The van der Waals surface area contributed by atoms with E-state index in [-0.39, 0.29) is 11.8 Å². The van der Waals surface area contributed by atoms with Crippen LogP contribution in [0, 0.1) is 17.8 Å². The van der Waals surface area contributed by atoms with Gasteiger partial charge in [0.15, 0.2) is 0 Å². The Balaban J connectivity index is 2.44. The third-order valence-electron chi connectivity index (χ3n) is 3.19. The van der Waals surface area contributed by atoms with Crippen LogP contribution in [0.3, 0.4) is 0 Å². The molecule has 2 atom stereocenters. The predicted molar refractivity (Wildman–Crippen MR) is 49.5 cm³/mol. The lowest BCUT2D eigenvalue weighted by Gasteiger charge is -2.29. The van der Waals surface area contributed by atoms with E-state index >= 15 is 0 Å². The van der Waals surface area contributed by atoms with Crippen molar-refractivity contribution >= 4 is 5.97 Å². The normalized spacial score (nSPS) is 23.8. The van der Waals surface area contributed by atoms with E-state index in [1.54, 1.807) is 6.92 Å². The molecular formula is C10H18O3. The van der Waals surface area contributed by atoms with Gasteiger partial charge in [0.05, 0.1) is 5.92 Å². The maximum absolute atomic E-state index is 10.8. The number of rotatable bonds is 3. The summed E-state index contributed by atoms with van der Waals surface area (Å²) in [6.45, 7) is 5.42. The van der Waals surface area contributed by atoms with Crippen molar-refractivity contribution in [1.29, 1.82) is 0 Å². The second-order valence-corrected chi connectivity index (χ2v) is 3.94. The number of carbonyl (C=O) groups is 1. The lowest BCUT2D eigenvalue weighted by Crippen LogP contribution is -2.29. The van der Waals surface area contributed by atoms with Gasteiger partial charge in [-0.1, -0.05) is 13.8 Å². The first-order valence-electron chi connectivity index (χ1n) is 4.93. The molecule has 1 N–H and O–H groups in total. The third kappa shape index (κ3) is 2.69. The Labute approximate surface area is 79.1 Å². The van der Waals surface area contributed by atoms with E-state index in [9.17, 15) is 4.79 Å². The molecule has 0 amide bonds. The summed E-state index contributed by atoms with van der Waals surface area (Å²) in [5.41, 5.74) is 0. The molecular weight excluding hydrogens is 168 g/mol. The van der Waals surface area contributed by atoms with Crippen LogP contribution >= 0.6 is 0 Å². The second-order valence-electron chi connectivity index (χ2n) is 3.94. The summed E-state index contributed by atoms with van der Waals surface area (Å²) in [5, 5.41) is 8.85. The van der Waals surface area contributed by atoms with E-state index in [4.69, 9.17) is 9.84 Å². The van der Waals surface area contributed by atoms with Crippen LogP contribution in [0.1, 0.15) is 26.7 Å². The van der Waals surface area contributed by atoms with Crippen molar-refractivity contribution in [3.63, 3.8) is 0 Å². The molecule has 2 unspecified atom stereocenters. The minimum atomic E-state index is -0.681. The summed E-state index contributed by atoms with van der Waals surface area (Å²) in [4.78, 5) is 10.8. The highest BCUT2D eigenvalue weighted by atomic mass is 16.5. The molecule has 0 radical (unpaired) electrons. The Morgan fingerprint density at radius 3 is 2.38 bits per heavy atom. The molecule has 0 aliphatic carbocycles. The molecule has 0 spiro atoms. The fourth-order valence-corrected chi connectivity index (χ4v) is 1.87. The van der Waals surface area contributed by atoms with Crippen LogP contribution < -0.4 is 0 Å². The van der Waals surface area contributed by atoms with Gasteiger partial charge in [-0.05, 0) is 24.7 Å². The van der Waals surface area contributed by atoms with Crippen molar-refractivity contribution in [2.24, 2.45) is 17.8 Å². The van der Waals surface area contributed by atoms with E-state index < -0.39 is 5.97 Å². The highest BCUT2D eigenvalue weighted by Crippen LogP contribution is 2.28. The van der Waals surface area contributed by atoms with Crippen LogP contribution in [0.4, 0.5) is 0 Å². The zero-order chi connectivity index (χ0) is 9.84. The molecule has 0 aromatic carbocycles. The molecule has 1 saturated heterocycles. The molecule has 1 aliphatic rings. The fraction of sp³-hybridized carbons (Fsp3) is 0.900. The first-order valence-corrected chi connectivity index (χ1v) is 4.93. The average Bonchev–Trinajstić information content (AvgIpc) is 2.17. The van der Waals surface area contributed by atoms with Crippen molar-refractivity contribution in [3.8, 4) is 0 Å². The lowest BCUT2D eigenvalue weighted by atomic mass is 9.80. The van der Waals surface area contributed by atoms with E-state index in [2.05, 4.69) is 0 Å². The van der Waals surface area contributed by atoms with Gasteiger partial charge in [0, 0.05) is 13.2 Å². The van der Waals surface area contributed by atoms with Crippen molar-refractivity contribution in [2.45, 2.75) is 26.7 Å². The molecule has 0 bridgehead atoms. The Morgan fingerprint density at radius 1 is 1.38 bits per heavy atom. The SMILES string of the molecule is CC(C(=O)O)C(C)C1CCOCC1. The fourth-order valence-electron chi connectivity index (χ4n) is 1.87. The van der Waals surface area contributed by atoms with Crippen molar-refractivity contribution in [3.05, 3.63) is 0 Å². The molecule has 0 aromatic heterocycles. The largest absolute Gasteiger partial charge is 0.481 e. The summed E-state index contributed by atoms with van der Waals surface area (Å²) >= 11 is 0. The standard InChI is InChI=1S/C10H18O3/c1-7(8(2)10(11)12)9-3-5-13-6-4-9/h7-9H,3-6H2,1-2H3,(H,11,12). The number of carboxylic acids is 1. The van der Waals surface area contributed by atoms with Gasteiger partial charge < -0.3 is 9.84 Å². The number of hydrogen-bond acceptors (Lipinski definition) is 2. The van der Waals surface area contributed by atoms with Crippen molar-refractivity contribution in [2.75, 3.05) is 13.2 Å². The zero-order valence-corrected chi connectivity index (χ0v) is 8.32. The quantitative estimate of drug-likeness (QED) is 0.730. The zero-order valence-electron chi connectivity index (χ0n) is 8.32. The van der Waals surface area contributed by atoms with Gasteiger partial charge in [0.1, 0.15) is 0 Å². The Morgan fingerprint density at radius 2 is 1.92 bits per heavy atom. The molecule has 0 aromatic rings. The molecule has 1 aliphatic heterocycles. The molecule has 13 heavy (non-hydrogen) atoms. The van der Waals surface area contributed by atoms with Crippen LogP contribution in [-0.4, -0.2) is 24.3 Å². The maximum atomic E-state index is 10.8. The van der Waals surface area contributed by atoms with E-state index in [0.29, 0.717) is 5.92 Å². The molecule has 1 heterocycles. The van der Waals surface area contributed by atoms with Crippen molar-refractivity contribution < 1.29 is 14.6 Å². The van der Waals surface area contributed by atoms with Gasteiger partial charge in [0.25, 0.3) is 0 Å².